The fraction of sp³-hybridized carbons (Fsp3) is 0.154. The van der Waals surface area contributed by atoms with Crippen LogP contribution in [-0.4, -0.2) is 38.4 Å². The summed E-state index contributed by atoms with van der Waals surface area (Å²) in [6.07, 6.45) is 0. The van der Waals surface area contributed by atoms with Crippen molar-refractivity contribution in [2.24, 2.45) is 0 Å². The van der Waals surface area contributed by atoms with Crippen molar-refractivity contribution >= 4 is 49.8 Å². The van der Waals surface area contributed by atoms with Crippen molar-refractivity contribution < 1.29 is 17.9 Å². The molecule has 1 fully saturated rings. The molecule has 0 bridgehead atoms. The summed E-state index contributed by atoms with van der Waals surface area (Å²) in [5.74, 6) is -0.384. The lowest BCUT2D eigenvalue weighted by atomic mass is 10.1. The van der Waals surface area contributed by atoms with Gasteiger partial charge in [0.1, 0.15) is 6.73 Å². The first-order valence-corrected chi connectivity index (χ1v) is 13.0. The molecule has 4 aromatic rings. The highest BCUT2D eigenvalue weighted by Crippen LogP contribution is 2.31. The average Bonchev–Trinajstić information content (AvgIpc) is 2.84. The molecule has 35 heavy (non-hydrogen) atoms. The second kappa shape index (κ2) is 9.30. The molecule has 5 rings (SSSR count). The van der Waals surface area contributed by atoms with E-state index in [1.54, 1.807) is 43.3 Å². The van der Waals surface area contributed by atoms with Crippen molar-refractivity contribution in [2.75, 3.05) is 28.7 Å². The number of hydrogen-bond donors (Lipinski definition) is 1. The number of carbonyl (C=O) groups excluding carboxylic acids is 1. The van der Waals surface area contributed by atoms with E-state index in [0.29, 0.717) is 38.8 Å². The molecule has 1 N–H and O–H groups in total. The number of para-hydroxylation sites is 1. The zero-order valence-corrected chi connectivity index (χ0v) is 20.4. The number of halogens is 1. The Kier molecular flexibility index (Phi) is 6.19. The van der Waals surface area contributed by atoms with E-state index in [2.05, 4.69) is 5.32 Å². The summed E-state index contributed by atoms with van der Waals surface area (Å²) in [5, 5.41) is 4.46. The summed E-state index contributed by atoms with van der Waals surface area (Å²) in [5.41, 5.74) is 4.38. The molecule has 1 aliphatic heterocycles. The number of fused-ring (bicyclic) bond motifs is 1. The molecule has 3 aromatic carbocycles. The summed E-state index contributed by atoms with van der Waals surface area (Å²) in [7, 11) is -3.43. The van der Waals surface area contributed by atoms with Gasteiger partial charge in [-0.05, 0) is 61.0 Å². The van der Waals surface area contributed by atoms with Gasteiger partial charge < -0.3 is 10.1 Å². The maximum atomic E-state index is 13.0. The quantitative estimate of drug-likeness (QED) is 0.408. The molecule has 2 heterocycles. The highest BCUT2D eigenvalue weighted by atomic mass is 35.5. The Morgan fingerprint density at radius 1 is 1.06 bits per heavy atom. The Morgan fingerprint density at radius 3 is 2.69 bits per heavy atom. The van der Waals surface area contributed by atoms with Crippen molar-refractivity contribution in [1.29, 1.82) is 0 Å². The number of benzene rings is 3. The third-order valence-corrected chi connectivity index (χ3v) is 7.87. The highest BCUT2D eigenvalue weighted by molar-refractivity contribution is 7.92. The number of carbonyl (C=O) groups is 1. The fourth-order valence-electron chi connectivity index (χ4n) is 4.01. The number of anilines is 2. The third kappa shape index (κ3) is 4.73. The number of aromatic nitrogens is 1. The minimum absolute atomic E-state index is 0.0380. The third-order valence-electron chi connectivity index (χ3n) is 5.87. The van der Waals surface area contributed by atoms with Gasteiger partial charge >= 0.3 is 0 Å². The van der Waals surface area contributed by atoms with Crippen molar-refractivity contribution in [3.63, 3.8) is 0 Å². The molecule has 7 nitrogen and oxygen atoms in total. The smallest absolute Gasteiger partial charge is 0.255 e. The summed E-state index contributed by atoms with van der Waals surface area (Å²) in [4.78, 5) is 17.7. The molecule has 1 saturated heterocycles. The predicted octanol–water partition coefficient (Wildman–Crippen LogP) is 5.24. The molecule has 1 amide bonds. The van der Waals surface area contributed by atoms with Crippen LogP contribution < -0.4 is 9.62 Å². The number of sulfonamides is 1. The topological polar surface area (TPSA) is 88.6 Å². The van der Waals surface area contributed by atoms with E-state index in [0.717, 1.165) is 10.9 Å². The van der Waals surface area contributed by atoms with Gasteiger partial charge in [-0.15, -0.1) is 0 Å². The second-order valence-electron chi connectivity index (χ2n) is 8.24. The van der Waals surface area contributed by atoms with Crippen LogP contribution >= 0.6 is 11.6 Å². The molecule has 0 spiro atoms. The number of pyridine rings is 1. The van der Waals surface area contributed by atoms with Crippen LogP contribution in [0.5, 0.6) is 0 Å². The van der Waals surface area contributed by atoms with Crippen LogP contribution in [0.2, 0.25) is 5.02 Å². The molecule has 0 aliphatic carbocycles. The number of nitrogens with zero attached hydrogens (tertiary/aromatic N) is 2. The summed E-state index contributed by atoms with van der Waals surface area (Å²) in [6.45, 7) is 1.90. The molecule has 9 heteroatoms. The van der Waals surface area contributed by atoms with Gasteiger partial charge in [0.2, 0.25) is 10.0 Å². The largest absolute Gasteiger partial charge is 0.359 e. The van der Waals surface area contributed by atoms with Crippen molar-refractivity contribution in [2.45, 2.75) is 6.92 Å². The molecule has 0 saturated carbocycles. The lowest BCUT2D eigenvalue weighted by Crippen LogP contribution is -2.41. The number of hydrogen-bond acceptors (Lipinski definition) is 5. The molecule has 0 atom stereocenters. The Bertz CT molecular complexity index is 1560. The molecule has 0 unspecified atom stereocenters. The standard InChI is InChI=1S/C26H22ClN3O4S/c1-17-14-20(30-16-34-12-13-35(30,32)33)8-9-21(17)26(31)28-19-7-10-23(27)22(15-19)25-11-6-18-4-2-3-5-24(18)29-25/h2-11,14-15H,12-13,16H2,1H3,(H,28,31). The summed E-state index contributed by atoms with van der Waals surface area (Å²) >= 11 is 6.46. The zero-order valence-electron chi connectivity index (χ0n) is 18.9. The number of nitrogens with one attached hydrogen (secondary N) is 1. The van der Waals surface area contributed by atoms with Crippen LogP contribution in [0.1, 0.15) is 15.9 Å². The van der Waals surface area contributed by atoms with E-state index in [4.69, 9.17) is 21.3 Å². The van der Waals surface area contributed by atoms with Gasteiger partial charge in [0.25, 0.3) is 5.91 Å². The first-order chi connectivity index (χ1) is 16.8. The van der Waals surface area contributed by atoms with Gasteiger partial charge in [-0.1, -0.05) is 35.9 Å². The number of ether oxygens (including phenoxy) is 1. The Balaban J connectivity index is 1.40. The minimum Gasteiger partial charge on any atom is -0.359 e. The summed E-state index contributed by atoms with van der Waals surface area (Å²) < 4.78 is 31.2. The van der Waals surface area contributed by atoms with Crippen LogP contribution in [0.25, 0.3) is 22.2 Å². The van der Waals surface area contributed by atoms with Gasteiger partial charge in [-0.25, -0.2) is 17.7 Å². The maximum Gasteiger partial charge on any atom is 0.255 e. The van der Waals surface area contributed by atoms with Crippen molar-refractivity contribution in [3.05, 3.63) is 88.9 Å². The van der Waals surface area contributed by atoms with Gasteiger partial charge in [-0.3, -0.25) is 4.79 Å². The Hall–Kier alpha value is -3.46. The van der Waals surface area contributed by atoms with Gasteiger partial charge in [0, 0.05) is 22.2 Å². The van der Waals surface area contributed by atoms with Gasteiger partial charge in [0.15, 0.2) is 0 Å². The SMILES string of the molecule is Cc1cc(N2COCCS2(=O)=O)ccc1C(=O)Nc1ccc(Cl)c(-c2ccc3ccccc3n2)c1. The molecule has 1 aromatic heterocycles. The van der Waals surface area contributed by atoms with E-state index < -0.39 is 10.0 Å². The average molecular weight is 508 g/mol. The van der Waals surface area contributed by atoms with E-state index in [1.807, 2.05) is 36.4 Å². The van der Waals surface area contributed by atoms with Gasteiger partial charge in [0.05, 0.1) is 34.3 Å². The van der Waals surface area contributed by atoms with Crippen LogP contribution in [0, 0.1) is 6.92 Å². The molecule has 178 valence electrons. The minimum atomic E-state index is -3.43. The highest BCUT2D eigenvalue weighted by Gasteiger charge is 2.27. The summed E-state index contributed by atoms with van der Waals surface area (Å²) in [6, 6.07) is 21.8. The normalized spacial score (nSPS) is 15.2. The Labute approximate surface area is 208 Å². The predicted molar refractivity (Wildman–Crippen MR) is 138 cm³/mol. The van der Waals surface area contributed by atoms with Crippen LogP contribution in [0.4, 0.5) is 11.4 Å². The molecule has 1 aliphatic rings. The van der Waals surface area contributed by atoms with E-state index in [-0.39, 0.29) is 25.0 Å². The fourth-order valence-corrected chi connectivity index (χ4v) is 5.44. The van der Waals surface area contributed by atoms with Crippen LogP contribution in [0.3, 0.4) is 0 Å². The molecular formula is C26H22ClN3O4S. The Morgan fingerprint density at radius 2 is 1.89 bits per heavy atom. The van der Waals surface area contributed by atoms with E-state index in [9.17, 15) is 13.2 Å². The monoisotopic (exact) mass is 507 g/mol. The maximum absolute atomic E-state index is 13.0. The van der Waals surface area contributed by atoms with Crippen molar-refractivity contribution in [3.8, 4) is 11.3 Å². The zero-order chi connectivity index (χ0) is 24.6. The number of rotatable bonds is 4. The molecule has 0 radical (unpaired) electrons. The lowest BCUT2D eigenvalue weighted by molar-refractivity contribution is 0.102. The molecular weight excluding hydrogens is 486 g/mol. The van der Waals surface area contributed by atoms with Crippen LogP contribution in [-0.2, 0) is 14.8 Å². The first kappa shape index (κ1) is 23.3. The van der Waals surface area contributed by atoms with Crippen LogP contribution in [0.15, 0.2) is 72.8 Å². The second-order valence-corrected chi connectivity index (χ2v) is 10.7. The van der Waals surface area contributed by atoms with E-state index >= 15 is 0 Å². The number of aryl methyl sites for hydroxylation is 1. The first-order valence-electron chi connectivity index (χ1n) is 11.0. The van der Waals surface area contributed by atoms with E-state index in [1.165, 1.54) is 4.31 Å². The lowest BCUT2D eigenvalue weighted by Gasteiger charge is -2.28. The van der Waals surface area contributed by atoms with Gasteiger partial charge in [-0.2, -0.15) is 0 Å². The van der Waals surface area contributed by atoms with Crippen molar-refractivity contribution in [1.82, 2.24) is 4.98 Å². The number of amides is 1.